The van der Waals surface area contributed by atoms with E-state index >= 15 is 0 Å². The Hall–Kier alpha value is -2.54. The molecular formula is C18H23N3O4. The molecule has 1 aliphatic carbocycles. The van der Waals surface area contributed by atoms with E-state index in [4.69, 9.17) is 9.47 Å². The van der Waals surface area contributed by atoms with Gasteiger partial charge < -0.3 is 19.9 Å². The van der Waals surface area contributed by atoms with Crippen LogP contribution in [0.4, 0.5) is 0 Å². The van der Waals surface area contributed by atoms with E-state index in [-0.39, 0.29) is 24.7 Å². The predicted octanol–water partition coefficient (Wildman–Crippen LogP) is 2.03. The van der Waals surface area contributed by atoms with E-state index in [2.05, 4.69) is 15.5 Å². The molecule has 1 amide bonds. The molecule has 25 heavy (non-hydrogen) atoms. The van der Waals surface area contributed by atoms with E-state index in [0.717, 1.165) is 31.4 Å². The first-order valence-corrected chi connectivity index (χ1v) is 8.44. The highest BCUT2D eigenvalue weighted by atomic mass is 16.5. The van der Waals surface area contributed by atoms with Crippen LogP contribution in [0.25, 0.3) is 0 Å². The van der Waals surface area contributed by atoms with Crippen LogP contribution in [0.2, 0.25) is 0 Å². The Morgan fingerprint density at radius 3 is 2.80 bits per heavy atom. The molecule has 1 aromatic heterocycles. The van der Waals surface area contributed by atoms with Crippen molar-refractivity contribution in [1.29, 1.82) is 0 Å². The van der Waals surface area contributed by atoms with Crippen LogP contribution in [0.5, 0.6) is 11.5 Å². The van der Waals surface area contributed by atoms with Crippen molar-refractivity contribution in [2.45, 2.75) is 44.4 Å². The lowest BCUT2D eigenvalue weighted by molar-refractivity contribution is 0.0863. The van der Waals surface area contributed by atoms with Gasteiger partial charge in [-0.25, -0.2) is 0 Å². The van der Waals surface area contributed by atoms with E-state index in [1.807, 2.05) is 18.2 Å². The number of H-pyrrole nitrogens is 1. The van der Waals surface area contributed by atoms with Gasteiger partial charge in [-0.3, -0.25) is 9.89 Å². The molecule has 0 radical (unpaired) electrons. The second-order valence-electron chi connectivity index (χ2n) is 6.22. The summed E-state index contributed by atoms with van der Waals surface area (Å²) in [4.78, 5) is 12.3. The average Bonchev–Trinajstić information content (AvgIpc) is 3.11. The number of aliphatic hydroxyl groups excluding tert-OH is 1. The molecule has 1 fully saturated rings. The molecule has 0 saturated heterocycles. The fourth-order valence-corrected chi connectivity index (χ4v) is 2.88. The third-order valence-electron chi connectivity index (χ3n) is 4.33. The molecule has 0 bridgehead atoms. The summed E-state index contributed by atoms with van der Waals surface area (Å²) in [5.41, 5.74) is 1.06. The zero-order valence-electron chi connectivity index (χ0n) is 14.2. The number of carbonyl (C=O) groups is 1. The van der Waals surface area contributed by atoms with Crippen molar-refractivity contribution in [3.8, 4) is 11.5 Å². The Balaban J connectivity index is 1.52. The second-order valence-corrected chi connectivity index (χ2v) is 6.22. The monoisotopic (exact) mass is 345 g/mol. The molecule has 2 aromatic rings. The molecule has 3 rings (SSSR count). The van der Waals surface area contributed by atoms with E-state index in [9.17, 15) is 9.90 Å². The number of aliphatic hydroxyl groups is 1. The fourth-order valence-electron chi connectivity index (χ4n) is 2.88. The van der Waals surface area contributed by atoms with Crippen LogP contribution in [0.15, 0.2) is 30.3 Å². The van der Waals surface area contributed by atoms with Gasteiger partial charge in [0, 0.05) is 12.1 Å². The van der Waals surface area contributed by atoms with Crippen LogP contribution < -0.4 is 14.8 Å². The summed E-state index contributed by atoms with van der Waals surface area (Å²) in [5, 5.41) is 19.4. The van der Waals surface area contributed by atoms with Crippen molar-refractivity contribution >= 4 is 5.91 Å². The lowest BCUT2D eigenvalue weighted by atomic mass is 9.93. The summed E-state index contributed by atoms with van der Waals surface area (Å²) in [5.74, 6) is 1.20. The summed E-state index contributed by atoms with van der Waals surface area (Å²) in [6.45, 7) is 0.281. The van der Waals surface area contributed by atoms with Crippen LogP contribution >= 0.6 is 0 Å². The number of rotatable bonds is 6. The minimum Gasteiger partial charge on any atom is -0.497 e. The summed E-state index contributed by atoms with van der Waals surface area (Å²) >= 11 is 0. The molecule has 3 N–H and O–H groups in total. The van der Waals surface area contributed by atoms with Crippen molar-refractivity contribution in [2.75, 3.05) is 7.11 Å². The van der Waals surface area contributed by atoms with Gasteiger partial charge in [-0.1, -0.05) is 6.07 Å². The summed E-state index contributed by atoms with van der Waals surface area (Å²) < 4.78 is 10.8. The third kappa shape index (κ3) is 4.73. The number of benzene rings is 1. The quantitative estimate of drug-likeness (QED) is 0.744. The van der Waals surface area contributed by atoms with Gasteiger partial charge in [0.25, 0.3) is 5.91 Å². The molecule has 0 unspecified atom stereocenters. The number of hydrogen-bond acceptors (Lipinski definition) is 5. The van der Waals surface area contributed by atoms with Gasteiger partial charge in [-0.15, -0.1) is 0 Å². The first-order chi connectivity index (χ1) is 12.1. The molecular weight excluding hydrogens is 322 g/mol. The van der Waals surface area contributed by atoms with Crippen LogP contribution in [0.3, 0.4) is 0 Å². The zero-order valence-corrected chi connectivity index (χ0v) is 14.2. The van der Waals surface area contributed by atoms with Gasteiger partial charge in [0.1, 0.15) is 23.8 Å². The Kier molecular flexibility index (Phi) is 5.55. The first kappa shape index (κ1) is 17.3. The standard InChI is InChI=1S/C18H23N3O4/c1-24-15-3-2-4-16(10-15)25-11-13-9-17(21-20-13)18(23)19-12-5-7-14(22)8-6-12/h2-4,9-10,12,14,22H,5-8,11H2,1H3,(H,19,23)(H,20,21). The Bertz CT molecular complexity index is 708. The predicted molar refractivity (Wildman–Crippen MR) is 91.6 cm³/mol. The van der Waals surface area contributed by atoms with Crippen molar-refractivity contribution in [1.82, 2.24) is 15.5 Å². The lowest BCUT2D eigenvalue weighted by Gasteiger charge is -2.25. The van der Waals surface area contributed by atoms with Gasteiger partial charge in [-0.2, -0.15) is 5.10 Å². The maximum Gasteiger partial charge on any atom is 0.271 e. The SMILES string of the molecule is COc1cccc(OCc2cc(C(=O)NC3CCC(O)CC3)n[nH]2)c1. The van der Waals surface area contributed by atoms with E-state index in [0.29, 0.717) is 17.1 Å². The molecule has 7 nitrogen and oxygen atoms in total. The molecule has 134 valence electrons. The summed E-state index contributed by atoms with van der Waals surface area (Å²) in [6, 6.07) is 9.11. The fraction of sp³-hybridized carbons (Fsp3) is 0.444. The zero-order chi connectivity index (χ0) is 17.6. The average molecular weight is 345 g/mol. The first-order valence-electron chi connectivity index (χ1n) is 8.44. The topological polar surface area (TPSA) is 96.5 Å². The summed E-state index contributed by atoms with van der Waals surface area (Å²) in [6.07, 6.45) is 2.81. The normalized spacial score (nSPS) is 20.1. The number of ether oxygens (including phenoxy) is 2. The van der Waals surface area contributed by atoms with Gasteiger partial charge in [-0.05, 0) is 43.9 Å². The number of aromatic nitrogens is 2. The Labute approximate surface area is 146 Å². The molecule has 1 saturated carbocycles. The lowest BCUT2D eigenvalue weighted by Crippen LogP contribution is -2.38. The highest BCUT2D eigenvalue weighted by molar-refractivity contribution is 5.92. The van der Waals surface area contributed by atoms with Gasteiger partial charge >= 0.3 is 0 Å². The van der Waals surface area contributed by atoms with E-state index in [1.54, 1.807) is 19.2 Å². The number of aromatic amines is 1. The minimum absolute atomic E-state index is 0.101. The van der Waals surface area contributed by atoms with Crippen LogP contribution in [-0.2, 0) is 6.61 Å². The molecule has 0 spiro atoms. The largest absolute Gasteiger partial charge is 0.497 e. The maximum atomic E-state index is 12.3. The van der Waals surface area contributed by atoms with Crippen LogP contribution in [0, 0.1) is 0 Å². The number of carbonyl (C=O) groups excluding carboxylic acids is 1. The van der Waals surface area contributed by atoms with Crippen molar-refractivity contribution in [3.05, 3.63) is 41.7 Å². The van der Waals surface area contributed by atoms with Crippen molar-refractivity contribution in [3.63, 3.8) is 0 Å². The number of nitrogens with zero attached hydrogens (tertiary/aromatic N) is 1. The van der Waals surface area contributed by atoms with E-state index < -0.39 is 0 Å². The maximum absolute atomic E-state index is 12.3. The van der Waals surface area contributed by atoms with Gasteiger partial charge in [0.15, 0.2) is 0 Å². The molecule has 1 heterocycles. The molecule has 0 aliphatic heterocycles. The Morgan fingerprint density at radius 1 is 1.28 bits per heavy atom. The van der Waals surface area contributed by atoms with Gasteiger partial charge in [0.2, 0.25) is 0 Å². The van der Waals surface area contributed by atoms with Crippen LogP contribution in [0.1, 0.15) is 41.9 Å². The van der Waals surface area contributed by atoms with E-state index in [1.165, 1.54) is 0 Å². The van der Waals surface area contributed by atoms with Crippen LogP contribution in [-0.4, -0.2) is 40.5 Å². The number of amides is 1. The second kappa shape index (κ2) is 8.02. The molecule has 1 aromatic carbocycles. The number of methoxy groups -OCH3 is 1. The van der Waals surface area contributed by atoms with Gasteiger partial charge in [0.05, 0.1) is 18.9 Å². The number of hydrogen-bond donors (Lipinski definition) is 3. The highest BCUT2D eigenvalue weighted by Crippen LogP contribution is 2.20. The summed E-state index contributed by atoms with van der Waals surface area (Å²) in [7, 11) is 1.60. The Morgan fingerprint density at radius 2 is 2.04 bits per heavy atom. The molecule has 7 heteroatoms. The third-order valence-corrected chi connectivity index (χ3v) is 4.33. The van der Waals surface area contributed by atoms with Crippen molar-refractivity contribution in [2.24, 2.45) is 0 Å². The smallest absolute Gasteiger partial charge is 0.271 e. The highest BCUT2D eigenvalue weighted by Gasteiger charge is 2.22. The molecule has 1 aliphatic rings. The van der Waals surface area contributed by atoms with Crippen molar-refractivity contribution < 1.29 is 19.4 Å². The number of nitrogens with one attached hydrogen (secondary N) is 2. The minimum atomic E-state index is -0.237. The molecule has 0 atom stereocenters.